The van der Waals surface area contributed by atoms with Crippen molar-refractivity contribution in [3.05, 3.63) is 0 Å². The van der Waals surface area contributed by atoms with Gasteiger partial charge in [-0.3, -0.25) is 13.8 Å². The van der Waals surface area contributed by atoms with Gasteiger partial charge in [-0.1, -0.05) is 12.8 Å². The Balaban J connectivity index is 2.09. The number of nitrogens with zero attached hydrogens (tertiary/aromatic N) is 2. The van der Waals surface area contributed by atoms with Gasteiger partial charge < -0.3 is 14.4 Å². The lowest BCUT2D eigenvalue weighted by Gasteiger charge is -2.38. The molecule has 0 aromatic heterocycles. The Morgan fingerprint density at radius 2 is 1.35 bits per heavy atom. The van der Waals surface area contributed by atoms with Crippen molar-refractivity contribution in [1.29, 1.82) is 0 Å². The van der Waals surface area contributed by atoms with E-state index in [4.69, 9.17) is 11.6 Å². The highest BCUT2D eigenvalue weighted by molar-refractivity contribution is 7.82. The maximum absolute atomic E-state index is 12.1. The van der Waals surface area contributed by atoms with Crippen molar-refractivity contribution in [2.75, 3.05) is 26.2 Å². The van der Waals surface area contributed by atoms with Crippen molar-refractivity contribution >= 4 is 34.5 Å². The number of amides is 2. The van der Waals surface area contributed by atoms with Crippen LogP contribution in [0.15, 0.2) is 0 Å². The monoisotopic (exact) mass is 363 g/mol. The van der Waals surface area contributed by atoms with Crippen LogP contribution < -0.4 is 0 Å². The molecule has 2 saturated heterocycles. The molecule has 0 aliphatic carbocycles. The van der Waals surface area contributed by atoms with Crippen LogP contribution in [-0.2, 0) is 20.7 Å². The Kier molecular flexibility index (Phi) is 6.85. The summed E-state index contributed by atoms with van der Waals surface area (Å²) in [7, 11) is 0. The molecule has 0 spiro atoms. The molecule has 0 aromatic carbocycles. The first kappa shape index (κ1) is 18.7. The third-order valence-corrected chi connectivity index (χ3v) is 5.97. The molecule has 2 rings (SSSR count). The van der Waals surface area contributed by atoms with Crippen molar-refractivity contribution in [2.24, 2.45) is 0 Å². The zero-order valence-corrected chi connectivity index (χ0v) is 14.9. The third-order valence-electron chi connectivity index (χ3n) is 4.50. The fraction of sp³-hybridized carbons (Fsp3) is 0.867. The molecule has 1 atom stereocenters. The number of halogens is 1. The lowest BCUT2D eigenvalue weighted by Crippen LogP contribution is -2.52. The largest absolute Gasteiger partial charge is 0.771 e. The highest BCUT2D eigenvalue weighted by atomic mass is 35.5. The first-order valence-electron chi connectivity index (χ1n) is 8.26. The molecule has 2 heterocycles. The second kappa shape index (κ2) is 8.44. The molecule has 0 aromatic rings. The van der Waals surface area contributed by atoms with Gasteiger partial charge in [0.15, 0.2) is 0 Å². The molecular formula is C15H24ClN2O4S-. The number of hydrogen-bond donors (Lipinski definition) is 0. The molecule has 0 radical (unpaired) electrons. The summed E-state index contributed by atoms with van der Waals surface area (Å²) < 4.78 is 21.9. The van der Waals surface area contributed by atoms with Crippen molar-refractivity contribution in [1.82, 2.24) is 9.80 Å². The van der Waals surface area contributed by atoms with Gasteiger partial charge in [0.2, 0.25) is 11.8 Å². The minimum Gasteiger partial charge on any atom is -0.771 e. The van der Waals surface area contributed by atoms with Gasteiger partial charge in [0.25, 0.3) is 0 Å². The van der Waals surface area contributed by atoms with Gasteiger partial charge >= 0.3 is 0 Å². The van der Waals surface area contributed by atoms with Crippen molar-refractivity contribution in [3.8, 4) is 0 Å². The molecule has 6 nitrogen and oxygen atoms in total. The lowest BCUT2D eigenvalue weighted by molar-refractivity contribution is -0.131. The predicted octanol–water partition coefficient (Wildman–Crippen LogP) is 1.61. The molecular weight excluding hydrogens is 340 g/mol. The van der Waals surface area contributed by atoms with Crippen LogP contribution >= 0.6 is 11.6 Å². The molecule has 23 heavy (non-hydrogen) atoms. The van der Waals surface area contributed by atoms with Crippen molar-refractivity contribution in [2.45, 2.75) is 55.6 Å². The van der Waals surface area contributed by atoms with Gasteiger partial charge in [-0.05, 0) is 36.8 Å². The molecule has 8 heteroatoms. The first-order chi connectivity index (χ1) is 10.9. The van der Waals surface area contributed by atoms with E-state index < -0.39 is 15.3 Å². The Morgan fingerprint density at radius 1 is 0.913 bits per heavy atom. The average molecular weight is 364 g/mol. The molecule has 1 unspecified atom stereocenters. The van der Waals surface area contributed by atoms with E-state index in [2.05, 4.69) is 0 Å². The fourth-order valence-electron chi connectivity index (χ4n) is 3.14. The molecule has 0 N–H and O–H groups in total. The van der Waals surface area contributed by atoms with E-state index in [1.807, 2.05) is 0 Å². The second-order valence-electron chi connectivity index (χ2n) is 6.37. The van der Waals surface area contributed by atoms with Gasteiger partial charge in [-0.15, -0.1) is 11.6 Å². The third kappa shape index (κ3) is 5.16. The Bertz CT molecular complexity index is 442. The molecule has 132 valence electrons. The van der Waals surface area contributed by atoms with Crippen LogP contribution in [0.2, 0.25) is 0 Å². The van der Waals surface area contributed by atoms with E-state index in [1.165, 1.54) is 9.80 Å². The molecule has 2 amide bonds. The zero-order chi connectivity index (χ0) is 16.9. The Hall–Kier alpha value is -0.660. The SMILES string of the molecule is O=C1CCCCCN1CC(Cl)(CN1CCCCCC1=O)S(=O)[O-]. The Morgan fingerprint density at radius 3 is 1.74 bits per heavy atom. The molecule has 2 aliphatic rings. The Labute approximate surface area is 144 Å². The summed E-state index contributed by atoms with van der Waals surface area (Å²) in [5.41, 5.74) is 0. The summed E-state index contributed by atoms with van der Waals surface area (Å²) >= 11 is 3.79. The predicted molar refractivity (Wildman–Crippen MR) is 87.6 cm³/mol. The minimum absolute atomic E-state index is 0.0554. The molecule has 0 saturated carbocycles. The number of alkyl halides is 1. The summed E-state index contributed by atoms with van der Waals surface area (Å²) in [6, 6.07) is 0. The number of carbonyl (C=O) groups excluding carboxylic acids is 2. The van der Waals surface area contributed by atoms with Gasteiger partial charge in [0.1, 0.15) is 4.21 Å². The van der Waals surface area contributed by atoms with Crippen LogP contribution in [0.25, 0.3) is 0 Å². The van der Waals surface area contributed by atoms with Gasteiger partial charge in [-0.25, -0.2) is 0 Å². The van der Waals surface area contributed by atoms with Gasteiger partial charge in [0, 0.05) is 25.9 Å². The van der Waals surface area contributed by atoms with E-state index in [1.54, 1.807) is 0 Å². The minimum atomic E-state index is -2.59. The smallest absolute Gasteiger partial charge is 0.222 e. The lowest BCUT2D eigenvalue weighted by atomic mass is 10.2. The van der Waals surface area contributed by atoms with Crippen LogP contribution in [0.1, 0.15) is 51.4 Å². The highest BCUT2D eigenvalue weighted by Gasteiger charge is 2.37. The quantitative estimate of drug-likeness (QED) is 0.549. The average Bonchev–Trinajstić information content (AvgIpc) is 2.81. The van der Waals surface area contributed by atoms with Crippen LogP contribution in [0.5, 0.6) is 0 Å². The van der Waals surface area contributed by atoms with Gasteiger partial charge in [-0.2, -0.15) is 0 Å². The van der Waals surface area contributed by atoms with E-state index >= 15 is 0 Å². The summed E-state index contributed by atoms with van der Waals surface area (Å²) in [6.45, 7) is 0.928. The van der Waals surface area contributed by atoms with Crippen molar-refractivity contribution in [3.63, 3.8) is 0 Å². The maximum atomic E-state index is 12.1. The fourth-order valence-corrected chi connectivity index (χ4v) is 3.95. The zero-order valence-electron chi connectivity index (χ0n) is 13.3. The summed E-state index contributed by atoms with van der Waals surface area (Å²) in [5.74, 6) is -0.111. The van der Waals surface area contributed by atoms with E-state index in [9.17, 15) is 18.4 Å². The van der Waals surface area contributed by atoms with E-state index in [0.29, 0.717) is 25.9 Å². The van der Waals surface area contributed by atoms with Gasteiger partial charge in [0.05, 0.1) is 13.1 Å². The second-order valence-corrected chi connectivity index (χ2v) is 8.57. The molecule has 2 fully saturated rings. The summed E-state index contributed by atoms with van der Waals surface area (Å²) in [6.07, 6.45) is 6.15. The van der Waals surface area contributed by atoms with E-state index in [0.717, 1.165) is 38.5 Å². The van der Waals surface area contributed by atoms with Crippen molar-refractivity contribution < 1.29 is 18.4 Å². The van der Waals surface area contributed by atoms with Crippen LogP contribution in [0, 0.1) is 0 Å². The molecule has 0 bridgehead atoms. The van der Waals surface area contributed by atoms with E-state index in [-0.39, 0.29) is 24.9 Å². The number of likely N-dealkylation sites (tertiary alicyclic amines) is 2. The topological polar surface area (TPSA) is 80.8 Å². The summed E-state index contributed by atoms with van der Waals surface area (Å²) in [4.78, 5) is 27.3. The normalized spacial score (nSPS) is 22.7. The number of carbonyl (C=O) groups is 2. The highest BCUT2D eigenvalue weighted by Crippen LogP contribution is 2.26. The summed E-state index contributed by atoms with van der Waals surface area (Å²) in [5, 5.41) is 0. The van der Waals surface area contributed by atoms with Crippen LogP contribution in [0.3, 0.4) is 0 Å². The first-order valence-corrected chi connectivity index (χ1v) is 9.71. The van der Waals surface area contributed by atoms with Crippen LogP contribution in [0.4, 0.5) is 0 Å². The maximum Gasteiger partial charge on any atom is 0.222 e. The molecule has 2 aliphatic heterocycles. The van der Waals surface area contributed by atoms with Crippen LogP contribution in [-0.4, -0.2) is 60.8 Å². The number of rotatable bonds is 5. The number of hydrogen-bond acceptors (Lipinski definition) is 4. The standard InChI is InChI=1S/C15H25ClN2O4S/c16-15(23(21)22,11-17-9-5-1-3-7-13(17)19)12-18-10-6-2-4-8-14(18)20/h1-12H2,(H,21,22)/p-1.